The van der Waals surface area contributed by atoms with Crippen molar-refractivity contribution in [2.24, 2.45) is 0 Å². The number of ether oxygens (including phenoxy) is 2. The van der Waals surface area contributed by atoms with Crippen LogP contribution in [0.25, 0.3) is 0 Å². The molecule has 0 aromatic rings. The van der Waals surface area contributed by atoms with E-state index < -0.39 is 0 Å². The minimum absolute atomic E-state index is 0.100. The van der Waals surface area contributed by atoms with Crippen molar-refractivity contribution >= 4 is 0 Å². The maximum absolute atomic E-state index is 6.02. The molecule has 2 heteroatoms. The van der Waals surface area contributed by atoms with Gasteiger partial charge in [-0.25, -0.2) is 0 Å². The Labute approximate surface area is 80.6 Å². The Kier molecular flexibility index (Phi) is 2.89. The lowest BCUT2D eigenvalue weighted by atomic mass is 9.86. The van der Waals surface area contributed by atoms with Gasteiger partial charge in [0.2, 0.25) is 0 Å². The van der Waals surface area contributed by atoms with Crippen LogP contribution in [0.2, 0.25) is 0 Å². The molecule has 1 saturated heterocycles. The summed E-state index contributed by atoms with van der Waals surface area (Å²) in [5, 5.41) is 0. The van der Waals surface area contributed by atoms with Crippen LogP contribution in [0.4, 0.5) is 0 Å². The highest BCUT2D eigenvalue weighted by atomic mass is 16.7. The number of rotatable bonds is 2. The van der Waals surface area contributed by atoms with E-state index in [2.05, 4.69) is 6.92 Å². The summed E-state index contributed by atoms with van der Waals surface area (Å²) in [4.78, 5) is 0. The first-order chi connectivity index (χ1) is 6.29. The molecule has 13 heavy (non-hydrogen) atoms. The first-order valence-electron chi connectivity index (χ1n) is 5.58. The molecule has 0 amide bonds. The summed E-state index contributed by atoms with van der Waals surface area (Å²) in [6.45, 7) is 3.13. The van der Waals surface area contributed by atoms with Gasteiger partial charge in [0.05, 0.1) is 5.60 Å². The van der Waals surface area contributed by atoms with Crippen molar-refractivity contribution in [3.05, 3.63) is 0 Å². The van der Waals surface area contributed by atoms with Crippen LogP contribution < -0.4 is 0 Å². The maximum atomic E-state index is 6.02. The smallest absolute Gasteiger partial charge is 0.158 e. The molecule has 76 valence electrons. The van der Waals surface area contributed by atoms with Gasteiger partial charge in [0.25, 0.3) is 0 Å². The summed E-state index contributed by atoms with van der Waals surface area (Å²) in [5.74, 6) is 0. The fraction of sp³-hybridized carbons (Fsp3) is 1.00. The number of hydrogen-bond donors (Lipinski definition) is 0. The lowest BCUT2D eigenvalue weighted by molar-refractivity contribution is -0.193. The molecule has 1 aliphatic heterocycles. The summed E-state index contributed by atoms with van der Waals surface area (Å²) in [6.07, 6.45) is 8.82. The molecular formula is C11H20O2. The lowest BCUT2D eigenvalue weighted by Crippen LogP contribution is -2.35. The molecule has 2 nitrogen and oxygen atoms in total. The van der Waals surface area contributed by atoms with Gasteiger partial charge in [0, 0.05) is 13.0 Å². The summed E-state index contributed by atoms with van der Waals surface area (Å²) in [6, 6.07) is 0. The molecule has 0 aromatic carbocycles. The van der Waals surface area contributed by atoms with Crippen LogP contribution in [0, 0.1) is 0 Å². The monoisotopic (exact) mass is 184 g/mol. The summed E-state index contributed by atoms with van der Waals surface area (Å²) >= 11 is 0. The minimum Gasteiger partial charge on any atom is -0.353 e. The highest BCUT2D eigenvalue weighted by molar-refractivity contribution is 4.80. The highest BCUT2D eigenvalue weighted by Gasteiger charge is 2.32. The molecule has 0 bridgehead atoms. The Morgan fingerprint density at radius 2 is 1.92 bits per heavy atom. The van der Waals surface area contributed by atoms with Gasteiger partial charge in [-0.05, 0) is 26.2 Å². The van der Waals surface area contributed by atoms with Gasteiger partial charge in [0.1, 0.15) is 0 Å². The van der Waals surface area contributed by atoms with Gasteiger partial charge in [0.15, 0.2) is 6.29 Å². The van der Waals surface area contributed by atoms with Crippen LogP contribution in [0.15, 0.2) is 0 Å². The van der Waals surface area contributed by atoms with E-state index in [0.29, 0.717) is 0 Å². The van der Waals surface area contributed by atoms with Crippen molar-refractivity contribution in [3.63, 3.8) is 0 Å². The molecule has 0 radical (unpaired) electrons. The molecule has 0 N–H and O–H groups in total. The molecule has 1 unspecified atom stereocenters. The van der Waals surface area contributed by atoms with E-state index >= 15 is 0 Å². The lowest BCUT2D eigenvalue weighted by Gasteiger charge is -2.35. The van der Waals surface area contributed by atoms with Crippen molar-refractivity contribution < 1.29 is 9.47 Å². The van der Waals surface area contributed by atoms with Gasteiger partial charge in [-0.2, -0.15) is 0 Å². The SMILES string of the molecule is CC1(OC2CCCO2)CCCCC1. The Hall–Kier alpha value is -0.0800. The molecule has 1 atom stereocenters. The molecule has 1 aliphatic carbocycles. The zero-order valence-electron chi connectivity index (χ0n) is 8.55. The average Bonchev–Trinajstić information content (AvgIpc) is 2.57. The van der Waals surface area contributed by atoms with E-state index in [1.165, 1.54) is 38.5 Å². The third-order valence-corrected chi connectivity index (χ3v) is 3.22. The Morgan fingerprint density at radius 1 is 1.15 bits per heavy atom. The molecule has 0 aromatic heterocycles. The quantitative estimate of drug-likeness (QED) is 0.657. The van der Waals surface area contributed by atoms with Crippen molar-refractivity contribution in [1.29, 1.82) is 0 Å². The predicted molar refractivity (Wildman–Crippen MR) is 51.5 cm³/mol. The van der Waals surface area contributed by atoms with E-state index in [4.69, 9.17) is 9.47 Å². The zero-order valence-corrected chi connectivity index (χ0v) is 8.55. The molecule has 1 heterocycles. The first kappa shape index (κ1) is 9.47. The topological polar surface area (TPSA) is 18.5 Å². The third-order valence-electron chi connectivity index (χ3n) is 3.22. The van der Waals surface area contributed by atoms with Gasteiger partial charge in [-0.3, -0.25) is 0 Å². The van der Waals surface area contributed by atoms with Crippen LogP contribution in [-0.4, -0.2) is 18.5 Å². The van der Waals surface area contributed by atoms with E-state index in [1.807, 2.05) is 0 Å². The van der Waals surface area contributed by atoms with Crippen LogP contribution >= 0.6 is 0 Å². The van der Waals surface area contributed by atoms with Crippen molar-refractivity contribution in [2.45, 2.75) is 63.8 Å². The van der Waals surface area contributed by atoms with Gasteiger partial charge in [-0.15, -0.1) is 0 Å². The number of hydrogen-bond acceptors (Lipinski definition) is 2. The molecule has 2 aliphatic rings. The van der Waals surface area contributed by atoms with Gasteiger partial charge < -0.3 is 9.47 Å². The maximum Gasteiger partial charge on any atom is 0.158 e. The van der Waals surface area contributed by atoms with Crippen LogP contribution in [0.1, 0.15) is 51.9 Å². The molecule has 2 fully saturated rings. The second kappa shape index (κ2) is 3.97. The normalized spacial score (nSPS) is 33.5. The van der Waals surface area contributed by atoms with Gasteiger partial charge >= 0.3 is 0 Å². The third kappa shape index (κ3) is 2.44. The van der Waals surface area contributed by atoms with Crippen LogP contribution in [0.3, 0.4) is 0 Å². The Bertz CT molecular complexity index is 155. The fourth-order valence-electron chi connectivity index (χ4n) is 2.38. The Balaban J connectivity index is 1.83. The van der Waals surface area contributed by atoms with Gasteiger partial charge in [-0.1, -0.05) is 19.3 Å². The largest absolute Gasteiger partial charge is 0.353 e. The second-order valence-corrected chi connectivity index (χ2v) is 4.57. The Morgan fingerprint density at radius 3 is 2.54 bits per heavy atom. The standard InChI is InChI=1S/C11H20O2/c1-11(7-3-2-4-8-11)13-10-6-5-9-12-10/h10H,2-9H2,1H3. The minimum atomic E-state index is 0.100. The van der Waals surface area contributed by atoms with Crippen molar-refractivity contribution in [3.8, 4) is 0 Å². The molecule has 1 saturated carbocycles. The van der Waals surface area contributed by atoms with E-state index in [1.54, 1.807) is 0 Å². The second-order valence-electron chi connectivity index (χ2n) is 4.57. The fourth-order valence-corrected chi connectivity index (χ4v) is 2.38. The van der Waals surface area contributed by atoms with Crippen LogP contribution in [0.5, 0.6) is 0 Å². The van der Waals surface area contributed by atoms with E-state index in [-0.39, 0.29) is 11.9 Å². The predicted octanol–water partition coefficient (Wildman–Crippen LogP) is 2.86. The molecule has 2 rings (SSSR count). The van der Waals surface area contributed by atoms with Crippen molar-refractivity contribution in [1.82, 2.24) is 0 Å². The molecule has 0 spiro atoms. The summed E-state index contributed by atoms with van der Waals surface area (Å²) in [7, 11) is 0. The van der Waals surface area contributed by atoms with E-state index in [9.17, 15) is 0 Å². The van der Waals surface area contributed by atoms with E-state index in [0.717, 1.165) is 13.0 Å². The molecular weight excluding hydrogens is 164 g/mol. The van der Waals surface area contributed by atoms with Crippen LogP contribution in [-0.2, 0) is 9.47 Å². The summed E-state index contributed by atoms with van der Waals surface area (Å²) < 4.78 is 11.5. The highest BCUT2D eigenvalue weighted by Crippen LogP contribution is 2.33. The first-order valence-corrected chi connectivity index (χ1v) is 5.58. The summed E-state index contributed by atoms with van der Waals surface area (Å²) in [5.41, 5.74) is 0.118. The average molecular weight is 184 g/mol. The zero-order chi connectivity index (χ0) is 9.15. The van der Waals surface area contributed by atoms with Crippen molar-refractivity contribution in [2.75, 3.05) is 6.61 Å².